The van der Waals surface area contributed by atoms with Crippen LogP contribution in [0.4, 0.5) is 5.69 Å². The van der Waals surface area contributed by atoms with Crippen LogP contribution in [-0.2, 0) is 6.54 Å². The molecule has 0 unspecified atom stereocenters. The van der Waals surface area contributed by atoms with E-state index in [0.29, 0.717) is 39.6 Å². The van der Waals surface area contributed by atoms with Gasteiger partial charge in [-0.1, -0.05) is 23.2 Å². The van der Waals surface area contributed by atoms with Gasteiger partial charge in [0.25, 0.3) is 0 Å². The maximum absolute atomic E-state index is 6.09. The Labute approximate surface area is 126 Å². The minimum Gasteiger partial charge on any atom is -0.481 e. The molecule has 0 bridgehead atoms. The van der Waals surface area contributed by atoms with Crippen molar-refractivity contribution in [3.8, 4) is 11.8 Å². The molecule has 0 fully saturated rings. The fourth-order valence-electron chi connectivity index (χ4n) is 1.70. The quantitative estimate of drug-likeness (QED) is 0.916. The van der Waals surface area contributed by atoms with Crippen molar-refractivity contribution in [2.45, 2.75) is 6.54 Å². The fraction of sp³-hybridized carbons (Fsp3) is 0.231. The van der Waals surface area contributed by atoms with Gasteiger partial charge in [0.05, 0.1) is 37.0 Å². The molecule has 106 valence electrons. The van der Waals surface area contributed by atoms with Crippen LogP contribution in [0.25, 0.3) is 0 Å². The largest absolute Gasteiger partial charge is 0.481 e. The molecule has 0 saturated carbocycles. The second-order valence-electron chi connectivity index (χ2n) is 3.85. The van der Waals surface area contributed by atoms with E-state index in [9.17, 15) is 0 Å². The highest BCUT2D eigenvalue weighted by Crippen LogP contribution is 2.28. The summed E-state index contributed by atoms with van der Waals surface area (Å²) in [6.45, 7) is 0.396. The molecule has 0 spiro atoms. The molecule has 20 heavy (non-hydrogen) atoms. The number of ether oxygens (including phenoxy) is 2. The molecule has 0 aliphatic carbocycles. The molecule has 5 nitrogen and oxygen atoms in total. The SMILES string of the molecule is COc1ncnc(OC)c1CNc1cc(Cl)ccc1Cl. The zero-order valence-electron chi connectivity index (χ0n) is 11.0. The maximum atomic E-state index is 6.09. The Morgan fingerprint density at radius 2 is 1.75 bits per heavy atom. The first kappa shape index (κ1) is 14.7. The predicted octanol–water partition coefficient (Wildman–Crippen LogP) is 3.41. The van der Waals surface area contributed by atoms with Gasteiger partial charge >= 0.3 is 0 Å². The van der Waals surface area contributed by atoms with Crippen LogP contribution in [0.15, 0.2) is 24.5 Å². The summed E-state index contributed by atoms with van der Waals surface area (Å²) in [5, 5.41) is 4.33. The van der Waals surface area contributed by atoms with Crippen molar-refractivity contribution in [1.82, 2.24) is 9.97 Å². The number of hydrogen-bond acceptors (Lipinski definition) is 5. The monoisotopic (exact) mass is 313 g/mol. The number of nitrogens with one attached hydrogen (secondary N) is 1. The van der Waals surface area contributed by atoms with Gasteiger partial charge < -0.3 is 14.8 Å². The molecular weight excluding hydrogens is 301 g/mol. The van der Waals surface area contributed by atoms with Gasteiger partial charge in [-0.3, -0.25) is 0 Å². The summed E-state index contributed by atoms with van der Waals surface area (Å²) in [6, 6.07) is 5.19. The van der Waals surface area contributed by atoms with Gasteiger partial charge in [0, 0.05) is 5.02 Å². The summed E-state index contributed by atoms with van der Waals surface area (Å²) in [5.74, 6) is 0.894. The molecule has 1 N–H and O–H groups in total. The molecule has 1 aromatic carbocycles. The lowest BCUT2D eigenvalue weighted by atomic mass is 10.2. The van der Waals surface area contributed by atoms with Gasteiger partial charge in [-0.05, 0) is 18.2 Å². The summed E-state index contributed by atoms with van der Waals surface area (Å²) >= 11 is 12.0. The van der Waals surface area contributed by atoms with Crippen LogP contribution < -0.4 is 14.8 Å². The lowest BCUT2D eigenvalue weighted by Gasteiger charge is -2.13. The standard InChI is InChI=1S/C13H13Cl2N3O2/c1-19-12-9(13(20-2)18-7-17-12)6-16-11-5-8(14)3-4-10(11)15/h3-5,7,16H,6H2,1-2H3. The summed E-state index contributed by atoms with van der Waals surface area (Å²) in [4.78, 5) is 8.09. The van der Waals surface area contributed by atoms with Crippen LogP contribution in [-0.4, -0.2) is 24.2 Å². The van der Waals surface area contributed by atoms with E-state index in [2.05, 4.69) is 15.3 Å². The molecule has 0 aliphatic rings. The van der Waals surface area contributed by atoms with Gasteiger partial charge in [0.15, 0.2) is 0 Å². The minimum absolute atomic E-state index is 0.396. The van der Waals surface area contributed by atoms with Crippen LogP contribution in [0, 0.1) is 0 Å². The van der Waals surface area contributed by atoms with Crippen LogP contribution in [0.2, 0.25) is 10.0 Å². The Balaban J connectivity index is 2.24. The number of aromatic nitrogens is 2. The fourth-order valence-corrected chi connectivity index (χ4v) is 2.06. The van der Waals surface area contributed by atoms with E-state index in [-0.39, 0.29) is 0 Å². The van der Waals surface area contributed by atoms with Crippen molar-refractivity contribution in [2.24, 2.45) is 0 Å². The highest BCUT2D eigenvalue weighted by molar-refractivity contribution is 6.35. The van der Waals surface area contributed by atoms with Crippen molar-refractivity contribution in [2.75, 3.05) is 19.5 Å². The zero-order valence-corrected chi connectivity index (χ0v) is 12.5. The number of methoxy groups -OCH3 is 2. The molecule has 0 amide bonds. The van der Waals surface area contributed by atoms with E-state index in [4.69, 9.17) is 32.7 Å². The predicted molar refractivity (Wildman–Crippen MR) is 78.9 cm³/mol. The molecule has 2 aromatic rings. The van der Waals surface area contributed by atoms with E-state index in [0.717, 1.165) is 0 Å². The first-order chi connectivity index (χ1) is 9.65. The summed E-state index contributed by atoms with van der Waals surface area (Å²) in [5.41, 5.74) is 1.42. The average Bonchev–Trinajstić information content (AvgIpc) is 2.47. The number of benzene rings is 1. The summed E-state index contributed by atoms with van der Waals surface area (Å²) < 4.78 is 10.4. The van der Waals surface area contributed by atoms with Crippen molar-refractivity contribution in [1.29, 1.82) is 0 Å². The zero-order chi connectivity index (χ0) is 14.5. The van der Waals surface area contributed by atoms with Crippen LogP contribution >= 0.6 is 23.2 Å². The molecule has 1 heterocycles. The molecule has 0 aliphatic heterocycles. The molecule has 0 atom stereocenters. The summed E-state index contributed by atoms with van der Waals surface area (Å²) in [7, 11) is 3.08. The lowest BCUT2D eigenvalue weighted by Crippen LogP contribution is -2.07. The molecule has 2 rings (SSSR count). The normalized spacial score (nSPS) is 10.2. The second kappa shape index (κ2) is 6.63. The maximum Gasteiger partial charge on any atom is 0.225 e. The number of nitrogens with zero attached hydrogens (tertiary/aromatic N) is 2. The van der Waals surface area contributed by atoms with Gasteiger partial charge in [-0.15, -0.1) is 0 Å². The Bertz CT molecular complexity index is 586. The van der Waals surface area contributed by atoms with Gasteiger partial charge in [0.1, 0.15) is 6.33 Å². The van der Waals surface area contributed by atoms with Crippen LogP contribution in [0.3, 0.4) is 0 Å². The van der Waals surface area contributed by atoms with Gasteiger partial charge in [-0.25, -0.2) is 9.97 Å². The Morgan fingerprint density at radius 1 is 1.10 bits per heavy atom. The Hall–Kier alpha value is -1.72. The Kier molecular flexibility index (Phi) is 4.87. The van der Waals surface area contributed by atoms with Gasteiger partial charge in [-0.2, -0.15) is 0 Å². The highest BCUT2D eigenvalue weighted by atomic mass is 35.5. The van der Waals surface area contributed by atoms with E-state index in [1.54, 1.807) is 18.2 Å². The third-order valence-corrected chi connectivity index (χ3v) is 3.20. The van der Waals surface area contributed by atoms with Crippen LogP contribution in [0.5, 0.6) is 11.8 Å². The van der Waals surface area contributed by atoms with Crippen molar-refractivity contribution < 1.29 is 9.47 Å². The van der Waals surface area contributed by atoms with E-state index >= 15 is 0 Å². The summed E-state index contributed by atoms with van der Waals surface area (Å²) in [6.07, 6.45) is 1.38. The van der Waals surface area contributed by atoms with Crippen molar-refractivity contribution in [3.05, 3.63) is 40.1 Å². The first-order valence-corrected chi connectivity index (χ1v) is 6.52. The van der Waals surface area contributed by atoms with Crippen LogP contribution in [0.1, 0.15) is 5.56 Å². The smallest absolute Gasteiger partial charge is 0.225 e. The molecule has 7 heteroatoms. The third kappa shape index (κ3) is 3.23. The highest BCUT2D eigenvalue weighted by Gasteiger charge is 2.13. The molecule has 0 saturated heterocycles. The van der Waals surface area contributed by atoms with E-state index in [1.807, 2.05) is 0 Å². The Morgan fingerprint density at radius 3 is 2.35 bits per heavy atom. The molecule has 1 aromatic heterocycles. The van der Waals surface area contributed by atoms with Gasteiger partial charge in [0.2, 0.25) is 11.8 Å². The third-order valence-electron chi connectivity index (χ3n) is 2.64. The second-order valence-corrected chi connectivity index (χ2v) is 4.69. The first-order valence-electron chi connectivity index (χ1n) is 5.76. The lowest BCUT2D eigenvalue weighted by molar-refractivity contribution is 0.363. The van der Waals surface area contributed by atoms with Crippen molar-refractivity contribution >= 4 is 28.9 Å². The topological polar surface area (TPSA) is 56.3 Å². The number of anilines is 1. The molecule has 0 radical (unpaired) electrons. The average molecular weight is 314 g/mol. The van der Waals surface area contributed by atoms with E-state index in [1.165, 1.54) is 20.5 Å². The number of rotatable bonds is 5. The minimum atomic E-state index is 0.396. The number of hydrogen-bond donors (Lipinski definition) is 1. The van der Waals surface area contributed by atoms with E-state index < -0.39 is 0 Å². The molecular formula is C13H13Cl2N3O2. The number of halogens is 2. The van der Waals surface area contributed by atoms with Crippen molar-refractivity contribution in [3.63, 3.8) is 0 Å².